The molecular formula is C15H21N2OS+. The molecule has 3 nitrogen and oxygen atoms in total. The van der Waals surface area contributed by atoms with E-state index in [1.807, 2.05) is 24.3 Å². The fourth-order valence-corrected chi connectivity index (χ4v) is 3.06. The van der Waals surface area contributed by atoms with E-state index in [4.69, 9.17) is 0 Å². The number of carbonyl (C=O) groups is 1. The standard InChI is InChI=1S/C15H21N2OS/c1-3-17(4-2)14-7-5-13(6-8-14)15(18)11-16-9-10-19-12-16/h5-8,12H,3-4,9-11H2,1-2H3/q+1. The monoisotopic (exact) mass is 277 g/mol. The van der Waals surface area contributed by atoms with Gasteiger partial charge in [0, 0.05) is 24.3 Å². The maximum absolute atomic E-state index is 12.1. The maximum Gasteiger partial charge on any atom is 0.227 e. The smallest absolute Gasteiger partial charge is 0.227 e. The highest BCUT2D eigenvalue weighted by Crippen LogP contribution is 2.15. The quantitative estimate of drug-likeness (QED) is 0.589. The molecule has 1 aromatic rings. The third kappa shape index (κ3) is 3.60. The second kappa shape index (κ2) is 6.75. The van der Waals surface area contributed by atoms with Gasteiger partial charge in [0.05, 0.1) is 5.75 Å². The van der Waals surface area contributed by atoms with Crippen LogP contribution in [0.2, 0.25) is 0 Å². The van der Waals surface area contributed by atoms with Crippen molar-refractivity contribution in [2.75, 3.05) is 36.8 Å². The molecule has 0 atom stereocenters. The van der Waals surface area contributed by atoms with E-state index >= 15 is 0 Å². The lowest BCUT2D eigenvalue weighted by Crippen LogP contribution is -2.22. The molecule has 1 aliphatic heterocycles. The van der Waals surface area contributed by atoms with Crippen LogP contribution < -0.4 is 4.90 Å². The molecule has 19 heavy (non-hydrogen) atoms. The molecule has 0 saturated carbocycles. The number of benzene rings is 1. The predicted molar refractivity (Wildman–Crippen MR) is 82.8 cm³/mol. The van der Waals surface area contributed by atoms with Gasteiger partial charge >= 0.3 is 0 Å². The van der Waals surface area contributed by atoms with Crippen molar-refractivity contribution < 1.29 is 9.37 Å². The number of Topliss-reactive ketones (excluding diaryl/α,β-unsaturated/α-hetero) is 1. The van der Waals surface area contributed by atoms with E-state index in [1.165, 1.54) is 5.69 Å². The van der Waals surface area contributed by atoms with Gasteiger partial charge in [0.25, 0.3) is 0 Å². The van der Waals surface area contributed by atoms with Gasteiger partial charge in [-0.1, -0.05) is 11.8 Å². The second-order valence-electron chi connectivity index (χ2n) is 4.59. The third-order valence-electron chi connectivity index (χ3n) is 3.38. The van der Waals surface area contributed by atoms with Gasteiger partial charge in [-0.05, 0) is 38.1 Å². The van der Waals surface area contributed by atoms with Crippen molar-refractivity contribution in [3.05, 3.63) is 29.8 Å². The first-order valence-electron chi connectivity index (χ1n) is 6.81. The zero-order valence-electron chi connectivity index (χ0n) is 11.6. The Hall–Kier alpha value is -1.29. The summed E-state index contributed by atoms with van der Waals surface area (Å²) in [4.78, 5) is 14.4. The summed E-state index contributed by atoms with van der Waals surface area (Å²) >= 11 is 1.77. The Balaban J connectivity index is 2.03. The molecule has 102 valence electrons. The van der Waals surface area contributed by atoms with E-state index in [9.17, 15) is 4.79 Å². The summed E-state index contributed by atoms with van der Waals surface area (Å²) in [5.41, 5.74) is 4.05. The molecule has 0 unspecified atom stereocenters. The van der Waals surface area contributed by atoms with Gasteiger partial charge in [-0.15, -0.1) is 0 Å². The van der Waals surface area contributed by atoms with E-state index in [0.29, 0.717) is 6.54 Å². The lowest BCUT2D eigenvalue weighted by atomic mass is 10.1. The summed E-state index contributed by atoms with van der Waals surface area (Å²) in [6.45, 7) is 7.74. The number of thioether (sulfide) groups is 1. The molecule has 0 radical (unpaired) electrons. The minimum absolute atomic E-state index is 0.199. The molecule has 1 heterocycles. The maximum atomic E-state index is 12.1. The summed E-state index contributed by atoms with van der Waals surface area (Å²) in [7, 11) is 0. The average molecular weight is 277 g/mol. The fraction of sp³-hybridized carbons (Fsp3) is 0.467. The normalized spacial score (nSPS) is 14.3. The van der Waals surface area contributed by atoms with Crippen LogP contribution in [0.25, 0.3) is 0 Å². The zero-order chi connectivity index (χ0) is 13.7. The SMILES string of the molecule is CCN(CC)c1ccc(C(=O)C[N+]2=CSCC2)cc1. The Morgan fingerprint density at radius 3 is 2.47 bits per heavy atom. The van der Waals surface area contributed by atoms with Crippen molar-refractivity contribution in [2.24, 2.45) is 0 Å². The van der Waals surface area contributed by atoms with Crippen LogP contribution in [0.1, 0.15) is 24.2 Å². The number of hydrogen-bond acceptors (Lipinski definition) is 3. The van der Waals surface area contributed by atoms with E-state index in [0.717, 1.165) is 31.0 Å². The van der Waals surface area contributed by atoms with Crippen molar-refractivity contribution in [3.8, 4) is 0 Å². The highest BCUT2D eigenvalue weighted by Gasteiger charge is 2.17. The predicted octanol–water partition coefficient (Wildman–Crippen LogP) is 2.50. The Labute approximate surface area is 119 Å². The lowest BCUT2D eigenvalue weighted by Gasteiger charge is -2.20. The van der Waals surface area contributed by atoms with Crippen LogP contribution in [-0.4, -0.2) is 47.8 Å². The van der Waals surface area contributed by atoms with Crippen LogP contribution in [0.15, 0.2) is 24.3 Å². The Bertz CT molecular complexity index is 464. The molecule has 0 aliphatic carbocycles. The van der Waals surface area contributed by atoms with E-state index in [-0.39, 0.29) is 5.78 Å². The minimum atomic E-state index is 0.199. The van der Waals surface area contributed by atoms with Gasteiger partial charge in [-0.2, -0.15) is 0 Å². The molecule has 1 aliphatic rings. The van der Waals surface area contributed by atoms with Crippen molar-refractivity contribution >= 4 is 28.8 Å². The van der Waals surface area contributed by atoms with Crippen molar-refractivity contribution in [1.29, 1.82) is 0 Å². The molecule has 4 heteroatoms. The molecule has 0 N–H and O–H groups in total. The Kier molecular flexibility index (Phi) is 5.02. The second-order valence-corrected chi connectivity index (χ2v) is 5.54. The zero-order valence-corrected chi connectivity index (χ0v) is 12.4. The molecule has 0 saturated heterocycles. The van der Waals surface area contributed by atoms with Gasteiger partial charge in [-0.3, -0.25) is 4.79 Å². The molecule has 0 aromatic heterocycles. The van der Waals surface area contributed by atoms with Crippen LogP contribution in [-0.2, 0) is 0 Å². The summed E-state index contributed by atoms with van der Waals surface area (Å²) in [5, 5.41) is 0. The van der Waals surface area contributed by atoms with Gasteiger partial charge in [0.15, 0.2) is 12.1 Å². The first-order valence-corrected chi connectivity index (χ1v) is 7.86. The van der Waals surface area contributed by atoms with E-state index in [1.54, 1.807) is 11.8 Å². The number of carbonyl (C=O) groups excluding carboxylic acids is 1. The van der Waals surface area contributed by atoms with Crippen LogP contribution in [0.3, 0.4) is 0 Å². The van der Waals surface area contributed by atoms with Gasteiger partial charge < -0.3 is 4.90 Å². The highest BCUT2D eigenvalue weighted by molar-refractivity contribution is 8.12. The Morgan fingerprint density at radius 1 is 1.26 bits per heavy atom. The summed E-state index contributed by atoms with van der Waals surface area (Å²) < 4.78 is 2.09. The topological polar surface area (TPSA) is 23.3 Å². The number of nitrogens with zero attached hydrogens (tertiary/aromatic N) is 2. The van der Waals surface area contributed by atoms with Gasteiger partial charge in [0.1, 0.15) is 0 Å². The van der Waals surface area contributed by atoms with Crippen LogP contribution in [0.4, 0.5) is 5.69 Å². The lowest BCUT2D eigenvalue weighted by molar-refractivity contribution is -0.499. The first kappa shape index (κ1) is 14.1. The highest BCUT2D eigenvalue weighted by atomic mass is 32.2. The van der Waals surface area contributed by atoms with Crippen LogP contribution in [0.5, 0.6) is 0 Å². The molecule has 2 rings (SSSR count). The van der Waals surface area contributed by atoms with Crippen molar-refractivity contribution in [1.82, 2.24) is 0 Å². The summed E-state index contributed by atoms with van der Waals surface area (Å²) in [6, 6.07) is 7.98. The number of rotatable bonds is 6. The third-order valence-corrected chi connectivity index (χ3v) is 4.25. The molecule has 0 fully saturated rings. The molecule has 0 spiro atoms. The summed E-state index contributed by atoms with van der Waals surface area (Å²) in [6.07, 6.45) is 0. The minimum Gasteiger partial charge on any atom is -0.372 e. The van der Waals surface area contributed by atoms with Gasteiger partial charge in [-0.25, -0.2) is 4.58 Å². The molecule has 0 bridgehead atoms. The largest absolute Gasteiger partial charge is 0.372 e. The van der Waals surface area contributed by atoms with Crippen molar-refractivity contribution in [3.63, 3.8) is 0 Å². The van der Waals surface area contributed by atoms with E-state index < -0.39 is 0 Å². The molecule has 1 aromatic carbocycles. The number of hydrogen-bond donors (Lipinski definition) is 0. The van der Waals surface area contributed by atoms with E-state index in [2.05, 4.69) is 28.9 Å². The number of anilines is 1. The van der Waals surface area contributed by atoms with Crippen molar-refractivity contribution in [2.45, 2.75) is 13.8 Å². The Morgan fingerprint density at radius 2 is 1.95 bits per heavy atom. The summed E-state index contributed by atoms with van der Waals surface area (Å²) in [5.74, 6) is 1.29. The van der Waals surface area contributed by atoms with Crippen LogP contribution >= 0.6 is 11.8 Å². The van der Waals surface area contributed by atoms with Gasteiger partial charge in [0.2, 0.25) is 12.3 Å². The average Bonchev–Trinajstić information content (AvgIpc) is 2.94. The molecule has 0 amide bonds. The number of ketones is 1. The fourth-order valence-electron chi connectivity index (χ4n) is 2.22. The first-order chi connectivity index (χ1) is 9.24. The molecular weight excluding hydrogens is 256 g/mol. The van der Waals surface area contributed by atoms with Crippen LogP contribution in [0, 0.1) is 0 Å².